The third-order valence-corrected chi connectivity index (χ3v) is 2.55. The monoisotopic (exact) mass is 244 g/mol. The molecular weight excluding hydrogens is 232 g/mol. The molecule has 0 bridgehead atoms. The number of hydrogen-bond donors (Lipinski definition) is 4. The highest BCUT2D eigenvalue weighted by atomic mass is 16.3. The van der Waals surface area contributed by atoms with Crippen molar-refractivity contribution < 1.29 is 15.0 Å². The number of carbonyl (C=O) groups is 1. The van der Waals surface area contributed by atoms with Gasteiger partial charge in [-0.05, 0) is 24.3 Å². The lowest BCUT2D eigenvalue weighted by Crippen LogP contribution is -2.05. The van der Waals surface area contributed by atoms with Crippen LogP contribution < -0.4 is 11.5 Å². The summed E-state index contributed by atoms with van der Waals surface area (Å²) in [6, 6.07) is 8.29. The van der Waals surface area contributed by atoms with Gasteiger partial charge in [-0.1, -0.05) is 0 Å². The zero-order valence-electron chi connectivity index (χ0n) is 9.42. The number of rotatable bonds is 2. The molecule has 0 saturated carbocycles. The van der Waals surface area contributed by atoms with E-state index in [0.717, 1.165) is 0 Å². The number of anilines is 2. The molecule has 0 aliphatic carbocycles. The Morgan fingerprint density at radius 2 is 1.61 bits per heavy atom. The number of nitrogen functional groups attached to an aromatic ring is 2. The predicted molar refractivity (Wildman–Crippen MR) is 68.5 cm³/mol. The van der Waals surface area contributed by atoms with Gasteiger partial charge in [-0.15, -0.1) is 0 Å². The van der Waals surface area contributed by atoms with Crippen LogP contribution in [0.5, 0.6) is 11.5 Å². The molecule has 0 atom stereocenters. The SMILES string of the molecule is Nc1ccc(C(=O)c2ccc(O)cc2N)c(O)c1. The summed E-state index contributed by atoms with van der Waals surface area (Å²) in [5, 5.41) is 18.9. The normalized spacial score (nSPS) is 10.2. The van der Waals surface area contributed by atoms with Crippen LogP contribution in [0.1, 0.15) is 15.9 Å². The lowest BCUT2D eigenvalue weighted by molar-refractivity contribution is 0.103. The highest BCUT2D eigenvalue weighted by molar-refractivity contribution is 6.13. The van der Waals surface area contributed by atoms with E-state index in [9.17, 15) is 15.0 Å². The largest absolute Gasteiger partial charge is 0.508 e. The van der Waals surface area contributed by atoms with Crippen molar-refractivity contribution in [3.8, 4) is 11.5 Å². The fourth-order valence-corrected chi connectivity index (χ4v) is 1.64. The number of ketones is 1. The zero-order valence-corrected chi connectivity index (χ0v) is 9.42. The van der Waals surface area contributed by atoms with Crippen LogP contribution in [-0.2, 0) is 0 Å². The van der Waals surface area contributed by atoms with Gasteiger partial charge in [0.15, 0.2) is 5.78 Å². The van der Waals surface area contributed by atoms with Crippen LogP contribution in [0.15, 0.2) is 36.4 Å². The standard InChI is InChI=1S/C13H12N2O3/c14-7-1-3-10(12(17)5-7)13(18)9-4-2-8(16)6-11(9)15/h1-6,16-17H,14-15H2. The first-order chi connectivity index (χ1) is 8.49. The molecule has 0 fully saturated rings. The van der Waals surface area contributed by atoms with Crippen molar-refractivity contribution in [1.82, 2.24) is 0 Å². The zero-order chi connectivity index (χ0) is 13.3. The molecule has 0 unspecified atom stereocenters. The lowest BCUT2D eigenvalue weighted by Gasteiger charge is -2.07. The highest BCUT2D eigenvalue weighted by Crippen LogP contribution is 2.26. The Hall–Kier alpha value is -2.69. The van der Waals surface area contributed by atoms with Crippen LogP contribution in [0.3, 0.4) is 0 Å². The maximum Gasteiger partial charge on any atom is 0.198 e. The molecule has 5 heteroatoms. The molecule has 0 radical (unpaired) electrons. The van der Waals surface area contributed by atoms with Crippen LogP contribution in [-0.4, -0.2) is 16.0 Å². The molecule has 0 aromatic heterocycles. The lowest BCUT2D eigenvalue weighted by atomic mass is 10.0. The van der Waals surface area contributed by atoms with Crippen molar-refractivity contribution in [2.45, 2.75) is 0 Å². The van der Waals surface area contributed by atoms with E-state index in [0.29, 0.717) is 5.69 Å². The van der Waals surface area contributed by atoms with E-state index in [4.69, 9.17) is 11.5 Å². The van der Waals surface area contributed by atoms with Crippen molar-refractivity contribution >= 4 is 17.2 Å². The average Bonchev–Trinajstić information content (AvgIpc) is 2.28. The van der Waals surface area contributed by atoms with E-state index in [-0.39, 0.29) is 28.3 Å². The Morgan fingerprint density at radius 3 is 2.22 bits per heavy atom. The number of aromatic hydroxyl groups is 2. The first-order valence-corrected chi connectivity index (χ1v) is 5.20. The van der Waals surface area contributed by atoms with Gasteiger partial charge < -0.3 is 21.7 Å². The summed E-state index contributed by atoms with van der Waals surface area (Å²) in [4.78, 5) is 12.1. The minimum Gasteiger partial charge on any atom is -0.508 e. The fourth-order valence-electron chi connectivity index (χ4n) is 1.64. The van der Waals surface area contributed by atoms with Gasteiger partial charge in [-0.3, -0.25) is 4.79 Å². The Labute approximate surface area is 103 Å². The van der Waals surface area contributed by atoms with E-state index in [1.807, 2.05) is 0 Å². The first-order valence-electron chi connectivity index (χ1n) is 5.20. The van der Waals surface area contributed by atoms with E-state index in [2.05, 4.69) is 0 Å². The van der Waals surface area contributed by atoms with Crippen LogP contribution in [0.4, 0.5) is 11.4 Å². The first kappa shape index (κ1) is 11.8. The molecule has 2 aromatic rings. The summed E-state index contributed by atoms with van der Waals surface area (Å²) in [7, 11) is 0. The van der Waals surface area contributed by atoms with Gasteiger partial charge in [-0.2, -0.15) is 0 Å². The molecule has 92 valence electrons. The van der Waals surface area contributed by atoms with Crippen molar-refractivity contribution in [1.29, 1.82) is 0 Å². The summed E-state index contributed by atoms with van der Waals surface area (Å²) in [5.41, 5.74) is 12.0. The van der Waals surface area contributed by atoms with Crippen LogP contribution in [0, 0.1) is 0 Å². The van der Waals surface area contributed by atoms with Crippen LogP contribution >= 0.6 is 0 Å². The Kier molecular flexibility index (Phi) is 2.81. The molecule has 0 spiro atoms. The second-order valence-corrected chi connectivity index (χ2v) is 3.88. The van der Waals surface area contributed by atoms with Crippen molar-refractivity contribution in [3.63, 3.8) is 0 Å². The van der Waals surface area contributed by atoms with Gasteiger partial charge in [0.25, 0.3) is 0 Å². The second-order valence-electron chi connectivity index (χ2n) is 3.88. The summed E-state index contributed by atoms with van der Waals surface area (Å²) in [6.07, 6.45) is 0. The maximum atomic E-state index is 12.1. The van der Waals surface area contributed by atoms with Gasteiger partial charge in [0, 0.05) is 29.1 Å². The number of phenolic OH excluding ortho intramolecular Hbond substituents is 2. The van der Waals surface area contributed by atoms with Crippen molar-refractivity contribution in [2.75, 3.05) is 11.5 Å². The number of hydrogen-bond acceptors (Lipinski definition) is 5. The van der Waals surface area contributed by atoms with Gasteiger partial charge in [0.1, 0.15) is 11.5 Å². The molecule has 0 heterocycles. The number of benzene rings is 2. The Morgan fingerprint density at radius 1 is 0.944 bits per heavy atom. The topological polar surface area (TPSA) is 110 Å². The van der Waals surface area contributed by atoms with Gasteiger partial charge in [-0.25, -0.2) is 0 Å². The van der Waals surface area contributed by atoms with E-state index in [1.165, 1.54) is 36.4 Å². The molecule has 0 saturated heterocycles. The summed E-state index contributed by atoms with van der Waals surface area (Å²) >= 11 is 0. The summed E-state index contributed by atoms with van der Waals surface area (Å²) in [5.74, 6) is -0.650. The number of phenols is 2. The molecule has 2 aromatic carbocycles. The van der Waals surface area contributed by atoms with E-state index >= 15 is 0 Å². The minimum atomic E-state index is -0.426. The van der Waals surface area contributed by atoms with E-state index < -0.39 is 5.78 Å². The number of nitrogens with two attached hydrogens (primary N) is 2. The van der Waals surface area contributed by atoms with Crippen molar-refractivity contribution in [2.24, 2.45) is 0 Å². The van der Waals surface area contributed by atoms with Crippen LogP contribution in [0.25, 0.3) is 0 Å². The molecule has 5 nitrogen and oxygen atoms in total. The maximum absolute atomic E-state index is 12.1. The highest BCUT2D eigenvalue weighted by Gasteiger charge is 2.16. The van der Waals surface area contributed by atoms with Crippen molar-refractivity contribution in [3.05, 3.63) is 47.5 Å². The third-order valence-electron chi connectivity index (χ3n) is 2.55. The predicted octanol–water partition coefficient (Wildman–Crippen LogP) is 1.49. The quantitative estimate of drug-likeness (QED) is 0.472. The molecule has 6 N–H and O–H groups in total. The van der Waals surface area contributed by atoms with Gasteiger partial charge >= 0.3 is 0 Å². The third kappa shape index (κ3) is 2.06. The smallest absolute Gasteiger partial charge is 0.198 e. The summed E-state index contributed by atoms with van der Waals surface area (Å²) < 4.78 is 0. The molecule has 0 amide bonds. The molecule has 18 heavy (non-hydrogen) atoms. The molecule has 2 rings (SSSR count). The van der Waals surface area contributed by atoms with Gasteiger partial charge in [0.2, 0.25) is 0 Å². The van der Waals surface area contributed by atoms with Crippen LogP contribution in [0.2, 0.25) is 0 Å². The average molecular weight is 244 g/mol. The Balaban J connectivity index is 2.48. The number of carbonyl (C=O) groups excluding carboxylic acids is 1. The van der Waals surface area contributed by atoms with Gasteiger partial charge in [0.05, 0.1) is 5.56 Å². The fraction of sp³-hybridized carbons (Fsp3) is 0. The minimum absolute atomic E-state index is 0.0226. The summed E-state index contributed by atoms with van der Waals surface area (Å²) in [6.45, 7) is 0. The molecule has 0 aliphatic rings. The van der Waals surface area contributed by atoms with E-state index in [1.54, 1.807) is 0 Å². The Bertz CT molecular complexity index is 570. The molecule has 0 aliphatic heterocycles. The molecular formula is C13H12N2O3. The second kappa shape index (κ2) is 4.29.